The van der Waals surface area contributed by atoms with Crippen molar-refractivity contribution in [3.05, 3.63) is 194 Å². The number of hydrogen-bond donors (Lipinski definition) is 0. The van der Waals surface area contributed by atoms with E-state index in [0.717, 1.165) is 49.4 Å². The molecule has 58 heavy (non-hydrogen) atoms. The summed E-state index contributed by atoms with van der Waals surface area (Å²) >= 11 is 0. The maximum atomic E-state index is 6.85. The van der Waals surface area contributed by atoms with Crippen LogP contribution in [0.15, 0.2) is 203 Å². The van der Waals surface area contributed by atoms with E-state index in [1.165, 1.54) is 81.7 Å². The zero-order valence-electron chi connectivity index (χ0n) is 31.3. The summed E-state index contributed by atoms with van der Waals surface area (Å²) in [6, 6.07) is 70.5. The fourth-order valence-electron chi connectivity index (χ4n) is 10.0. The van der Waals surface area contributed by atoms with Crippen LogP contribution >= 0.6 is 0 Å². The van der Waals surface area contributed by atoms with E-state index < -0.39 is 0 Å². The van der Waals surface area contributed by atoms with Crippen LogP contribution in [0.3, 0.4) is 0 Å². The van der Waals surface area contributed by atoms with Gasteiger partial charge in [0.05, 0.1) is 0 Å². The summed E-state index contributed by atoms with van der Waals surface area (Å²) in [6.45, 7) is 0. The summed E-state index contributed by atoms with van der Waals surface area (Å²) in [7, 11) is 0. The molecule has 0 N–H and O–H groups in total. The molecule has 0 spiro atoms. The highest BCUT2D eigenvalue weighted by atomic mass is 16.4. The summed E-state index contributed by atoms with van der Waals surface area (Å²) in [5.74, 6) is 0. The van der Waals surface area contributed by atoms with Crippen LogP contribution in [-0.2, 0) is 0 Å². The van der Waals surface area contributed by atoms with Gasteiger partial charge >= 0.3 is 0 Å². The van der Waals surface area contributed by atoms with Gasteiger partial charge in [0.1, 0.15) is 11.2 Å². The molecule has 0 unspecified atom stereocenters. The second kappa shape index (κ2) is 11.9. The maximum absolute atomic E-state index is 6.85. The first-order valence-corrected chi connectivity index (χ1v) is 19.9. The number of para-hydroxylation sites is 1. The van der Waals surface area contributed by atoms with E-state index in [9.17, 15) is 0 Å². The van der Waals surface area contributed by atoms with Crippen molar-refractivity contribution >= 4 is 97.7 Å². The molecular formula is C56H32O2. The second-order valence-corrected chi connectivity index (χ2v) is 15.4. The smallest absolute Gasteiger partial charge is 0.178 e. The zero-order chi connectivity index (χ0) is 37.9. The van der Waals surface area contributed by atoms with Gasteiger partial charge in [0.2, 0.25) is 0 Å². The summed E-state index contributed by atoms with van der Waals surface area (Å²) in [5.41, 5.74) is 10.6. The lowest BCUT2D eigenvalue weighted by atomic mass is 9.82. The molecule has 2 heteroatoms. The minimum atomic E-state index is 0.789. The van der Waals surface area contributed by atoms with Gasteiger partial charge in [-0.3, -0.25) is 0 Å². The van der Waals surface area contributed by atoms with Crippen molar-refractivity contribution in [1.29, 1.82) is 0 Å². The van der Waals surface area contributed by atoms with E-state index in [-0.39, 0.29) is 0 Å². The number of fused-ring (bicyclic) bond motifs is 13. The highest BCUT2D eigenvalue weighted by Gasteiger charge is 2.23. The minimum absolute atomic E-state index is 0.789. The Balaban J connectivity index is 1.09. The van der Waals surface area contributed by atoms with Gasteiger partial charge in [0.25, 0.3) is 0 Å². The van der Waals surface area contributed by atoms with Crippen LogP contribution in [0, 0.1) is 0 Å². The summed E-state index contributed by atoms with van der Waals surface area (Å²) in [4.78, 5) is 0. The third kappa shape index (κ3) is 4.32. The Morgan fingerprint density at radius 2 is 0.690 bits per heavy atom. The Labute approximate surface area is 332 Å². The Hall–Kier alpha value is -7.68. The first-order chi connectivity index (χ1) is 28.8. The predicted molar refractivity (Wildman–Crippen MR) is 245 cm³/mol. The molecule has 0 aliphatic rings. The zero-order valence-corrected chi connectivity index (χ0v) is 31.3. The van der Waals surface area contributed by atoms with Crippen molar-refractivity contribution in [2.75, 3.05) is 0 Å². The van der Waals surface area contributed by atoms with Crippen molar-refractivity contribution in [1.82, 2.24) is 0 Å². The van der Waals surface area contributed by atoms with Gasteiger partial charge in [0, 0.05) is 21.5 Å². The molecule has 0 radical (unpaired) electrons. The first kappa shape index (κ1) is 31.5. The largest absolute Gasteiger partial charge is 0.452 e. The standard InChI is InChI=1S/C56H32O2/c1-2-16-34-33(14-1)15-13-26-40(34)52-42-22-7-9-24-44(42)53(45-25-10-8-23-43(45)52)46-29-28-38(35-17-3-4-18-36(35)46)49-32-51-54(41-21-6-5-19-37(41)49)48-31-30-47-39-20-11-12-27-50(39)57-55(47)56(48)58-51/h1-32H. The Morgan fingerprint density at radius 3 is 1.38 bits per heavy atom. The van der Waals surface area contributed by atoms with E-state index in [1.54, 1.807) is 0 Å². The highest BCUT2D eigenvalue weighted by Crippen LogP contribution is 2.49. The fraction of sp³-hybridized carbons (Fsp3) is 0. The molecule has 0 saturated heterocycles. The van der Waals surface area contributed by atoms with Crippen LogP contribution in [0.25, 0.3) is 131 Å². The lowest BCUT2D eigenvalue weighted by molar-refractivity contribution is 0.633. The minimum Gasteiger partial charge on any atom is -0.452 e. The predicted octanol–water partition coefficient (Wildman–Crippen LogP) is 16.3. The summed E-state index contributed by atoms with van der Waals surface area (Å²) in [5, 5.41) is 16.6. The van der Waals surface area contributed by atoms with E-state index in [1.807, 2.05) is 12.1 Å². The molecule has 0 saturated carbocycles. The molecule has 13 rings (SSSR count). The van der Waals surface area contributed by atoms with Crippen LogP contribution in [0.4, 0.5) is 0 Å². The molecule has 0 aliphatic carbocycles. The Bertz CT molecular complexity index is 3800. The van der Waals surface area contributed by atoms with Crippen molar-refractivity contribution in [3.8, 4) is 33.4 Å². The van der Waals surface area contributed by atoms with Gasteiger partial charge in [-0.15, -0.1) is 0 Å². The van der Waals surface area contributed by atoms with E-state index in [4.69, 9.17) is 8.83 Å². The van der Waals surface area contributed by atoms with Crippen molar-refractivity contribution in [2.45, 2.75) is 0 Å². The van der Waals surface area contributed by atoms with Gasteiger partial charge in [-0.2, -0.15) is 0 Å². The van der Waals surface area contributed by atoms with Crippen LogP contribution in [0.5, 0.6) is 0 Å². The molecule has 2 heterocycles. The average Bonchev–Trinajstić information content (AvgIpc) is 3.86. The summed E-state index contributed by atoms with van der Waals surface area (Å²) in [6.07, 6.45) is 0. The van der Waals surface area contributed by atoms with Gasteiger partial charge < -0.3 is 8.83 Å². The molecule has 11 aromatic carbocycles. The van der Waals surface area contributed by atoms with E-state index in [0.29, 0.717) is 0 Å². The Morgan fingerprint density at radius 1 is 0.241 bits per heavy atom. The second-order valence-electron chi connectivity index (χ2n) is 15.4. The van der Waals surface area contributed by atoms with E-state index >= 15 is 0 Å². The first-order valence-electron chi connectivity index (χ1n) is 19.9. The van der Waals surface area contributed by atoms with Crippen LogP contribution < -0.4 is 0 Å². The molecule has 2 nitrogen and oxygen atoms in total. The van der Waals surface area contributed by atoms with Crippen LogP contribution in [-0.4, -0.2) is 0 Å². The molecule has 0 aliphatic heterocycles. The molecular weight excluding hydrogens is 705 g/mol. The van der Waals surface area contributed by atoms with Crippen LogP contribution in [0.2, 0.25) is 0 Å². The van der Waals surface area contributed by atoms with Crippen molar-refractivity contribution in [2.24, 2.45) is 0 Å². The molecule has 0 bridgehead atoms. The molecule has 13 aromatic rings. The molecule has 0 fully saturated rings. The topological polar surface area (TPSA) is 26.3 Å². The van der Waals surface area contributed by atoms with Gasteiger partial charge in [-0.1, -0.05) is 170 Å². The molecule has 2 aromatic heterocycles. The summed E-state index contributed by atoms with van der Waals surface area (Å²) < 4.78 is 13.3. The fourth-order valence-corrected chi connectivity index (χ4v) is 10.0. The lowest BCUT2D eigenvalue weighted by Gasteiger charge is -2.20. The third-order valence-electron chi connectivity index (χ3n) is 12.5. The number of furan rings is 2. The van der Waals surface area contributed by atoms with Gasteiger partial charge in [-0.25, -0.2) is 0 Å². The number of hydrogen-bond acceptors (Lipinski definition) is 2. The molecule has 0 amide bonds. The maximum Gasteiger partial charge on any atom is 0.178 e. The highest BCUT2D eigenvalue weighted by molar-refractivity contribution is 6.29. The van der Waals surface area contributed by atoms with Crippen molar-refractivity contribution in [3.63, 3.8) is 0 Å². The quantitative estimate of drug-likeness (QED) is 0.169. The number of rotatable bonds is 3. The molecule has 268 valence electrons. The molecule has 0 atom stereocenters. The lowest BCUT2D eigenvalue weighted by Crippen LogP contribution is -1.93. The van der Waals surface area contributed by atoms with Crippen molar-refractivity contribution < 1.29 is 8.83 Å². The average molecular weight is 737 g/mol. The normalized spacial score (nSPS) is 12.1. The van der Waals surface area contributed by atoms with E-state index in [2.05, 4.69) is 182 Å². The number of benzene rings is 11. The third-order valence-corrected chi connectivity index (χ3v) is 12.5. The van der Waals surface area contributed by atoms with Crippen LogP contribution in [0.1, 0.15) is 0 Å². The van der Waals surface area contributed by atoms with Gasteiger partial charge in [-0.05, 0) is 112 Å². The monoisotopic (exact) mass is 736 g/mol. The SMILES string of the molecule is c1ccc2c(-c3c4ccccc4c(-c4ccc(-c5cc6oc7c(ccc8c9ccccc9oc87)c6c6ccccc56)c5ccccc45)c4ccccc34)cccc2c1. The Kier molecular flexibility index (Phi) is 6.47. The van der Waals surface area contributed by atoms with Gasteiger partial charge in [0.15, 0.2) is 11.2 Å².